The highest BCUT2D eigenvalue weighted by atomic mass is 79.9. The molecule has 0 saturated carbocycles. The van der Waals surface area contributed by atoms with Crippen molar-refractivity contribution in [2.75, 3.05) is 13.7 Å². The maximum Gasteiger partial charge on any atom is 0.255 e. The second kappa shape index (κ2) is 9.93. The molecular weight excluding hydrogens is 481 g/mol. The van der Waals surface area contributed by atoms with Crippen molar-refractivity contribution >= 4 is 40.8 Å². The van der Waals surface area contributed by atoms with Gasteiger partial charge in [-0.25, -0.2) is 9.07 Å². The number of methoxy groups -OCH3 is 1. The van der Waals surface area contributed by atoms with Gasteiger partial charge < -0.3 is 14.8 Å². The number of nitrogens with one attached hydrogen (secondary N) is 1. The van der Waals surface area contributed by atoms with E-state index in [0.29, 0.717) is 19.1 Å². The molecule has 0 radical (unpaired) electrons. The average Bonchev–Trinajstić information content (AvgIpc) is 3.15. The number of hydrogen-bond donors (Lipinski definition) is 1. The topological polar surface area (TPSA) is 65.4 Å². The number of nitrogens with zero attached hydrogens (tertiary/aromatic N) is 2. The van der Waals surface area contributed by atoms with Crippen molar-refractivity contribution in [3.8, 4) is 5.75 Å². The van der Waals surface area contributed by atoms with Crippen LogP contribution in [0.2, 0.25) is 25.7 Å². The predicted octanol–water partition coefficient (Wildman–Crippen LogP) is 5.19. The van der Waals surface area contributed by atoms with E-state index in [1.807, 2.05) is 12.1 Å². The Hall–Kier alpha value is -2.23. The van der Waals surface area contributed by atoms with Crippen LogP contribution in [0.15, 0.2) is 41.0 Å². The predicted molar refractivity (Wildman–Crippen MR) is 126 cm³/mol. The van der Waals surface area contributed by atoms with Crippen LogP contribution in [-0.4, -0.2) is 37.5 Å². The molecule has 0 aliphatic heterocycles. The quantitative estimate of drug-likeness (QED) is 0.319. The molecule has 0 aliphatic carbocycles. The third-order valence-electron chi connectivity index (χ3n) is 4.89. The van der Waals surface area contributed by atoms with Crippen molar-refractivity contribution in [2.24, 2.45) is 0 Å². The number of amides is 1. The van der Waals surface area contributed by atoms with Gasteiger partial charge in [-0.3, -0.25) is 4.79 Å². The maximum absolute atomic E-state index is 13.6. The molecule has 0 bridgehead atoms. The number of ether oxygens (including phenoxy) is 2. The summed E-state index contributed by atoms with van der Waals surface area (Å²) in [6.45, 7) is 8.21. The van der Waals surface area contributed by atoms with Crippen LogP contribution in [0.5, 0.6) is 5.75 Å². The van der Waals surface area contributed by atoms with Crippen LogP contribution >= 0.6 is 15.9 Å². The van der Waals surface area contributed by atoms with Crippen LogP contribution in [0.4, 0.5) is 4.39 Å². The molecule has 0 spiro atoms. The summed E-state index contributed by atoms with van der Waals surface area (Å²) in [5.74, 6) is -0.587. The van der Waals surface area contributed by atoms with Crippen molar-refractivity contribution in [3.63, 3.8) is 0 Å². The summed E-state index contributed by atoms with van der Waals surface area (Å²) in [4.78, 5) is 12.7. The van der Waals surface area contributed by atoms with E-state index in [1.54, 1.807) is 10.9 Å². The van der Waals surface area contributed by atoms with Crippen molar-refractivity contribution in [1.82, 2.24) is 15.1 Å². The fourth-order valence-electron chi connectivity index (χ4n) is 3.14. The average molecular weight is 508 g/mol. The Morgan fingerprint density at radius 2 is 2.03 bits per heavy atom. The number of rotatable bonds is 9. The Morgan fingerprint density at radius 1 is 1.26 bits per heavy atom. The van der Waals surface area contributed by atoms with E-state index < -0.39 is 19.8 Å². The summed E-state index contributed by atoms with van der Waals surface area (Å²) in [5.41, 5.74) is 1.92. The highest BCUT2D eigenvalue weighted by molar-refractivity contribution is 9.10. The number of benzene rings is 2. The summed E-state index contributed by atoms with van der Waals surface area (Å²) in [6.07, 6.45) is 1.78. The van der Waals surface area contributed by atoms with E-state index in [4.69, 9.17) is 9.47 Å². The number of carbonyl (C=O) groups is 1. The molecule has 6 nitrogen and oxygen atoms in total. The van der Waals surface area contributed by atoms with Crippen LogP contribution in [0.25, 0.3) is 10.9 Å². The van der Waals surface area contributed by atoms with E-state index in [0.717, 1.165) is 27.0 Å². The number of hydrogen-bond acceptors (Lipinski definition) is 4. The third kappa shape index (κ3) is 5.93. The maximum atomic E-state index is 13.6. The molecule has 1 heterocycles. The summed E-state index contributed by atoms with van der Waals surface area (Å²) < 4.78 is 27.4. The van der Waals surface area contributed by atoms with Gasteiger partial charge in [0, 0.05) is 31.1 Å². The third-order valence-corrected chi connectivity index (χ3v) is 7.28. The standard InChI is InChI=1S/C22H27BrFN3O3Si/c1-29-20-8-6-16(24)11-17(20)22(28)25-12-15-5-7-19(23)18-13-26-27(21(15)18)14-30-9-10-31(2,3)4/h5-8,11,13H,9-10,12,14H2,1-4H3,(H,25,28). The summed E-state index contributed by atoms with van der Waals surface area (Å²) >= 11 is 3.56. The first-order chi connectivity index (χ1) is 14.7. The molecule has 166 valence electrons. The van der Waals surface area contributed by atoms with Gasteiger partial charge in [0.1, 0.15) is 18.3 Å². The fourth-order valence-corrected chi connectivity index (χ4v) is 4.32. The number of fused-ring (bicyclic) bond motifs is 1. The smallest absolute Gasteiger partial charge is 0.255 e. The minimum atomic E-state index is -1.17. The van der Waals surface area contributed by atoms with Crippen LogP contribution < -0.4 is 10.1 Å². The molecule has 9 heteroatoms. The largest absolute Gasteiger partial charge is 0.496 e. The molecule has 0 unspecified atom stereocenters. The summed E-state index contributed by atoms with van der Waals surface area (Å²) in [5, 5.41) is 8.26. The second-order valence-corrected chi connectivity index (χ2v) is 15.0. The lowest BCUT2D eigenvalue weighted by atomic mass is 10.1. The van der Waals surface area contributed by atoms with Crippen molar-refractivity contribution in [3.05, 3.63) is 57.9 Å². The summed E-state index contributed by atoms with van der Waals surface area (Å²) in [7, 11) is 0.278. The van der Waals surface area contributed by atoms with Gasteiger partial charge in [0.25, 0.3) is 5.91 Å². The second-order valence-electron chi connectivity index (χ2n) is 8.49. The van der Waals surface area contributed by atoms with E-state index >= 15 is 0 Å². The first-order valence-corrected chi connectivity index (χ1v) is 14.5. The van der Waals surface area contributed by atoms with E-state index in [1.165, 1.54) is 25.3 Å². The van der Waals surface area contributed by atoms with Gasteiger partial charge in [-0.2, -0.15) is 5.10 Å². The van der Waals surface area contributed by atoms with Crippen LogP contribution in [0.1, 0.15) is 15.9 Å². The highest BCUT2D eigenvalue weighted by Crippen LogP contribution is 2.27. The first kappa shape index (κ1) is 23.4. The van der Waals surface area contributed by atoms with Crippen LogP contribution in [0.3, 0.4) is 0 Å². The molecule has 31 heavy (non-hydrogen) atoms. The lowest BCUT2D eigenvalue weighted by Gasteiger charge is -2.16. The first-order valence-electron chi connectivity index (χ1n) is 10.0. The van der Waals surface area contributed by atoms with Crippen molar-refractivity contribution in [2.45, 2.75) is 39.0 Å². The zero-order valence-corrected chi connectivity index (χ0v) is 20.8. The Balaban J connectivity index is 1.77. The molecule has 3 aromatic rings. The van der Waals surface area contributed by atoms with Gasteiger partial charge in [-0.05, 0) is 35.9 Å². The number of aromatic nitrogens is 2. The Bertz CT molecular complexity index is 1080. The SMILES string of the molecule is COc1ccc(F)cc1C(=O)NCc1ccc(Br)c2cnn(COCC[Si](C)(C)C)c12. The van der Waals surface area contributed by atoms with Gasteiger partial charge in [-0.15, -0.1) is 0 Å². The van der Waals surface area contributed by atoms with E-state index in [-0.39, 0.29) is 12.1 Å². The Kier molecular flexibility index (Phi) is 7.50. The van der Waals surface area contributed by atoms with Crippen molar-refractivity contribution < 1.29 is 18.7 Å². The molecule has 0 atom stereocenters. The van der Waals surface area contributed by atoms with Gasteiger partial charge in [0.2, 0.25) is 0 Å². The molecule has 0 aliphatic rings. The fraction of sp³-hybridized carbons (Fsp3) is 0.364. The van der Waals surface area contributed by atoms with E-state index in [9.17, 15) is 9.18 Å². The molecule has 1 amide bonds. The van der Waals surface area contributed by atoms with Crippen LogP contribution in [0, 0.1) is 5.82 Å². The summed E-state index contributed by atoms with van der Waals surface area (Å²) in [6, 6.07) is 8.79. The van der Waals surface area contributed by atoms with Gasteiger partial charge in [0.05, 0.1) is 24.4 Å². The molecule has 3 rings (SSSR count). The molecule has 2 aromatic carbocycles. The van der Waals surface area contributed by atoms with Gasteiger partial charge in [-0.1, -0.05) is 41.6 Å². The van der Waals surface area contributed by atoms with Crippen molar-refractivity contribution in [1.29, 1.82) is 0 Å². The minimum absolute atomic E-state index is 0.152. The van der Waals surface area contributed by atoms with Crippen LogP contribution in [-0.2, 0) is 18.0 Å². The number of carbonyl (C=O) groups excluding carboxylic acids is 1. The number of halogens is 2. The molecular formula is C22H27BrFN3O3Si. The normalized spacial score (nSPS) is 11.7. The molecule has 0 fully saturated rings. The zero-order chi connectivity index (χ0) is 22.6. The highest BCUT2D eigenvalue weighted by Gasteiger charge is 2.16. The zero-order valence-electron chi connectivity index (χ0n) is 18.2. The van der Waals surface area contributed by atoms with Gasteiger partial charge in [0.15, 0.2) is 0 Å². The van der Waals surface area contributed by atoms with Gasteiger partial charge >= 0.3 is 0 Å². The Labute approximate surface area is 190 Å². The molecule has 1 N–H and O–H groups in total. The lowest BCUT2D eigenvalue weighted by Crippen LogP contribution is -2.24. The van der Waals surface area contributed by atoms with E-state index in [2.05, 4.69) is 46.0 Å². The molecule has 0 saturated heterocycles. The monoisotopic (exact) mass is 507 g/mol. The lowest BCUT2D eigenvalue weighted by molar-refractivity contribution is 0.0816. The minimum Gasteiger partial charge on any atom is -0.496 e. The molecule has 1 aromatic heterocycles. The Morgan fingerprint density at radius 3 is 2.74 bits per heavy atom.